The molecule has 1 unspecified atom stereocenters. The molecule has 37 heavy (non-hydrogen) atoms. The first-order valence-corrected chi connectivity index (χ1v) is 14.3. The molecule has 1 aliphatic heterocycles. The zero-order valence-electron chi connectivity index (χ0n) is 21.3. The quantitative estimate of drug-likeness (QED) is 0.401. The summed E-state index contributed by atoms with van der Waals surface area (Å²) in [5, 5.41) is 0. The number of amides is 1. The van der Waals surface area contributed by atoms with Crippen molar-refractivity contribution in [1.82, 2.24) is 8.87 Å². The van der Waals surface area contributed by atoms with Crippen LogP contribution in [0.3, 0.4) is 0 Å². The molecule has 1 aromatic heterocycles. The largest absolute Gasteiger partial charge is 0.468 e. The Balaban J connectivity index is 1.63. The molecule has 1 amide bonds. The molecular weight excluding hydrogens is 514 g/mol. The molecule has 1 atom stereocenters. The van der Waals surface area contributed by atoms with Crippen molar-refractivity contribution in [2.24, 2.45) is 4.99 Å². The molecule has 198 valence electrons. The maximum absolute atomic E-state index is 13.0. The predicted molar refractivity (Wildman–Crippen MR) is 141 cm³/mol. The van der Waals surface area contributed by atoms with E-state index in [0.717, 1.165) is 28.6 Å². The monoisotopic (exact) mass is 545 g/mol. The van der Waals surface area contributed by atoms with Gasteiger partial charge >= 0.3 is 5.97 Å². The van der Waals surface area contributed by atoms with E-state index in [4.69, 9.17) is 9.47 Å². The third-order valence-corrected chi connectivity index (χ3v) is 9.26. The van der Waals surface area contributed by atoms with Crippen LogP contribution in [-0.2, 0) is 30.8 Å². The second-order valence-corrected chi connectivity index (χ2v) is 12.3. The third-order valence-electron chi connectivity index (χ3n) is 6.38. The molecule has 3 aromatic rings. The number of esters is 1. The highest BCUT2D eigenvalue weighted by Gasteiger charge is 2.26. The van der Waals surface area contributed by atoms with Gasteiger partial charge in [0, 0.05) is 25.8 Å². The van der Waals surface area contributed by atoms with Gasteiger partial charge in [-0.1, -0.05) is 31.3 Å². The van der Waals surface area contributed by atoms with Gasteiger partial charge in [0.1, 0.15) is 6.54 Å². The molecule has 2 aromatic carbocycles. The number of carbonyl (C=O) groups excluding carboxylic acids is 2. The molecule has 1 aliphatic rings. The summed E-state index contributed by atoms with van der Waals surface area (Å²) >= 11 is 1.31. The van der Waals surface area contributed by atoms with E-state index in [1.54, 1.807) is 4.57 Å². The van der Waals surface area contributed by atoms with Gasteiger partial charge in [-0.15, -0.1) is 0 Å². The van der Waals surface area contributed by atoms with E-state index in [1.165, 1.54) is 54.1 Å². The van der Waals surface area contributed by atoms with E-state index in [1.807, 2.05) is 18.2 Å². The van der Waals surface area contributed by atoms with E-state index in [9.17, 15) is 18.0 Å². The Morgan fingerprint density at radius 3 is 2.57 bits per heavy atom. The van der Waals surface area contributed by atoms with E-state index in [0.29, 0.717) is 17.3 Å². The summed E-state index contributed by atoms with van der Waals surface area (Å²) in [6.45, 7) is 5.03. The van der Waals surface area contributed by atoms with Gasteiger partial charge in [-0.05, 0) is 60.7 Å². The summed E-state index contributed by atoms with van der Waals surface area (Å²) in [4.78, 5) is 29.8. The number of fused-ring (bicyclic) bond motifs is 1. The molecule has 1 fully saturated rings. The number of carbonyl (C=O) groups is 2. The summed E-state index contributed by atoms with van der Waals surface area (Å²) in [5.41, 5.74) is 2.16. The molecule has 11 heteroatoms. The zero-order valence-corrected chi connectivity index (χ0v) is 23.0. The third kappa shape index (κ3) is 6.01. The van der Waals surface area contributed by atoms with Crippen molar-refractivity contribution in [2.75, 3.05) is 27.3 Å². The molecule has 0 aliphatic carbocycles. The molecule has 0 spiro atoms. The van der Waals surface area contributed by atoms with Crippen LogP contribution in [0.5, 0.6) is 0 Å². The minimum absolute atomic E-state index is 0.0855. The van der Waals surface area contributed by atoms with Gasteiger partial charge in [0.15, 0.2) is 4.80 Å². The van der Waals surface area contributed by atoms with Crippen LogP contribution in [0.1, 0.15) is 48.5 Å². The van der Waals surface area contributed by atoms with Gasteiger partial charge in [0.05, 0.1) is 28.3 Å². The summed E-state index contributed by atoms with van der Waals surface area (Å²) in [7, 11) is -0.886. The second kappa shape index (κ2) is 11.3. The fourth-order valence-electron chi connectivity index (χ4n) is 4.15. The summed E-state index contributed by atoms with van der Waals surface area (Å²) in [6.07, 6.45) is 1.66. The van der Waals surface area contributed by atoms with Gasteiger partial charge in [-0.3, -0.25) is 9.59 Å². The Labute approximate surface area is 220 Å². The molecule has 0 N–H and O–H groups in total. The van der Waals surface area contributed by atoms with Crippen LogP contribution in [0.4, 0.5) is 0 Å². The lowest BCUT2D eigenvalue weighted by Crippen LogP contribution is -2.34. The van der Waals surface area contributed by atoms with Gasteiger partial charge in [0.25, 0.3) is 5.91 Å². The number of benzene rings is 2. The van der Waals surface area contributed by atoms with E-state index >= 15 is 0 Å². The highest BCUT2D eigenvalue weighted by molar-refractivity contribution is 7.89. The Hall–Kier alpha value is -2.86. The number of methoxy groups -OCH3 is 1. The SMILES string of the molecule is COC(=O)Cn1c(=NC(=O)c2ccc(S(=O)(=O)N(C)CC3CCCO3)cc2)sc2cc(C(C)C)ccc21. The number of likely N-dealkylation sites (N-methyl/N-ethyl adjacent to an activating group) is 1. The van der Waals surface area contributed by atoms with Crippen molar-refractivity contribution in [1.29, 1.82) is 0 Å². The molecule has 9 nitrogen and oxygen atoms in total. The Bertz CT molecular complexity index is 1470. The van der Waals surface area contributed by atoms with Gasteiger partial charge in [-0.25, -0.2) is 8.42 Å². The van der Waals surface area contributed by atoms with Crippen LogP contribution in [-0.4, -0.2) is 62.6 Å². The first-order chi connectivity index (χ1) is 17.6. The van der Waals surface area contributed by atoms with Crippen molar-refractivity contribution in [2.45, 2.75) is 50.2 Å². The maximum Gasteiger partial charge on any atom is 0.325 e. The van der Waals surface area contributed by atoms with E-state index in [-0.39, 0.29) is 29.7 Å². The minimum atomic E-state index is -3.72. The van der Waals surface area contributed by atoms with Gasteiger partial charge < -0.3 is 14.0 Å². The number of hydrogen-bond acceptors (Lipinski definition) is 7. The van der Waals surface area contributed by atoms with Crippen LogP contribution in [0.25, 0.3) is 10.2 Å². The number of nitrogens with zero attached hydrogens (tertiary/aromatic N) is 3. The Kier molecular flexibility index (Phi) is 8.27. The fourth-order valence-corrected chi connectivity index (χ4v) is 6.43. The van der Waals surface area contributed by atoms with E-state index < -0.39 is 21.9 Å². The summed E-state index contributed by atoms with van der Waals surface area (Å²) < 4.78 is 40.1. The number of aromatic nitrogens is 1. The van der Waals surface area contributed by atoms with Crippen molar-refractivity contribution in [3.05, 3.63) is 58.4 Å². The zero-order chi connectivity index (χ0) is 26.7. The molecule has 0 saturated carbocycles. The standard InChI is InChI=1S/C26H31N3O6S2/c1-17(2)19-9-12-22-23(14-19)36-26(29(22)16-24(30)34-4)27-25(31)18-7-10-21(11-8-18)37(32,33)28(3)15-20-6-5-13-35-20/h7-12,14,17,20H,5-6,13,15-16H2,1-4H3. The van der Waals surface area contributed by atoms with Crippen molar-refractivity contribution in [3.63, 3.8) is 0 Å². The molecule has 1 saturated heterocycles. The highest BCUT2D eigenvalue weighted by Crippen LogP contribution is 2.24. The lowest BCUT2D eigenvalue weighted by Gasteiger charge is -2.20. The van der Waals surface area contributed by atoms with Crippen molar-refractivity contribution < 1.29 is 27.5 Å². The molecule has 4 rings (SSSR count). The normalized spacial score (nSPS) is 16.7. The van der Waals surface area contributed by atoms with Crippen molar-refractivity contribution in [3.8, 4) is 0 Å². The first kappa shape index (κ1) is 27.2. The molecular formula is C26H31N3O6S2. The molecule has 0 radical (unpaired) electrons. The lowest BCUT2D eigenvalue weighted by atomic mass is 10.0. The fraction of sp³-hybridized carbons (Fsp3) is 0.423. The Morgan fingerprint density at radius 2 is 1.95 bits per heavy atom. The van der Waals surface area contributed by atoms with Crippen molar-refractivity contribution >= 4 is 43.5 Å². The number of hydrogen-bond donors (Lipinski definition) is 0. The first-order valence-electron chi connectivity index (χ1n) is 12.1. The van der Waals surface area contributed by atoms with Crippen LogP contribution in [0, 0.1) is 0 Å². The minimum Gasteiger partial charge on any atom is -0.468 e. The number of thiazole rings is 1. The smallest absolute Gasteiger partial charge is 0.325 e. The van der Waals surface area contributed by atoms with E-state index in [2.05, 4.69) is 18.8 Å². The second-order valence-electron chi connectivity index (χ2n) is 9.29. The maximum atomic E-state index is 13.0. The Morgan fingerprint density at radius 1 is 1.22 bits per heavy atom. The van der Waals surface area contributed by atoms with Crippen LogP contribution in [0.15, 0.2) is 52.4 Å². The highest BCUT2D eigenvalue weighted by atomic mass is 32.2. The summed E-state index contributed by atoms with van der Waals surface area (Å²) in [5.74, 6) is -0.670. The molecule has 0 bridgehead atoms. The topological polar surface area (TPSA) is 107 Å². The molecule has 2 heterocycles. The van der Waals surface area contributed by atoms with Gasteiger partial charge in [-0.2, -0.15) is 9.30 Å². The predicted octanol–water partition coefficient (Wildman–Crippen LogP) is 3.54. The number of ether oxygens (including phenoxy) is 2. The van der Waals surface area contributed by atoms with Crippen LogP contribution < -0.4 is 4.80 Å². The average Bonchev–Trinajstić information content (AvgIpc) is 3.51. The average molecular weight is 546 g/mol. The summed E-state index contributed by atoms with van der Waals surface area (Å²) in [6, 6.07) is 11.7. The van der Waals surface area contributed by atoms with Gasteiger partial charge in [0.2, 0.25) is 10.0 Å². The van der Waals surface area contributed by atoms with Crippen LogP contribution in [0.2, 0.25) is 0 Å². The number of rotatable bonds is 8. The number of sulfonamides is 1. The van der Waals surface area contributed by atoms with Crippen LogP contribution >= 0.6 is 11.3 Å². The lowest BCUT2D eigenvalue weighted by molar-refractivity contribution is -0.141.